The van der Waals surface area contributed by atoms with Crippen LogP contribution in [-0.4, -0.2) is 26.4 Å². The molecular formula is C10H9N5O2. The number of hydrogen-bond donors (Lipinski definition) is 2. The van der Waals surface area contributed by atoms with Gasteiger partial charge in [-0.15, -0.1) is 10.2 Å². The van der Waals surface area contributed by atoms with Crippen molar-refractivity contribution in [1.82, 2.24) is 20.6 Å². The predicted octanol–water partition coefficient (Wildman–Crippen LogP) is 0.488. The molecule has 7 heteroatoms. The van der Waals surface area contributed by atoms with Crippen LogP contribution < -0.4 is 10.5 Å². The highest BCUT2D eigenvalue weighted by Crippen LogP contribution is 2.37. The Balaban J connectivity index is 2.03. The molecule has 3 N–H and O–H groups in total. The van der Waals surface area contributed by atoms with Crippen LogP contribution in [0.15, 0.2) is 18.2 Å². The van der Waals surface area contributed by atoms with Crippen molar-refractivity contribution in [2.75, 3.05) is 5.73 Å². The van der Waals surface area contributed by atoms with Crippen molar-refractivity contribution >= 4 is 11.5 Å². The molecular weight excluding hydrogens is 222 g/mol. The van der Waals surface area contributed by atoms with E-state index >= 15 is 0 Å². The number of nitrogen functional groups attached to an aromatic ring is 1. The number of nitrogens with zero attached hydrogens (tertiary/aromatic N) is 3. The van der Waals surface area contributed by atoms with Gasteiger partial charge in [-0.25, -0.2) is 0 Å². The molecule has 2 heterocycles. The number of aromatic amines is 1. The fraction of sp³-hybridized carbons (Fsp3) is 0.200. The number of rotatable bonds is 1. The van der Waals surface area contributed by atoms with Gasteiger partial charge in [0.2, 0.25) is 5.82 Å². The minimum absolute atomic E-state index is 0.0339. The largest absolute Gasteiger partial charge is 0.479 e. The smallest absolute Gasteiger partial charge is 0.215 e. The number of carbonyl (C=O) groups excluding carboxylic acids is 1. The molecule has 1 aliphatic heterocycles. The van der Waals surface area contributed by atoms with Crippen molar-refractivity contribution in [2.45, 2.75) is 12.5 Å². The molecule has 0 unspecified atom stereocenters. The number of nitrogens with one attached hydrogen (secondary N) is 1. The summed E-state index contributed by atoms with van der Waals surface area (Å²) in [7, 11) is 0. The van der Waals surface area contributed by atoms with E-state index in [4.69, 9.17) is 10.5 Å². The van der Waals surface area contributed by atoms with Crippen molar-refractivity contribution in [3.63, 3.8) is 0 Å². The third kappa shape index (κ3) is 1.52. The number of fused-ring (bicyclic) bond motifs is 1. The monoisotopic (exact) mass is 231 g/mol. The van der Waals surface area contributed by atoms with Gasteiger partial charge in [-0.1, -0.05) is 11.3 Å². The molecule has 1 aromatic heterocycles. The number of benzene rings is 1. The number of para-hydroxylation sites is 1. The molecule has 3 rings (SSSR count). The number of anilines is 1. The average molecular weight is 231 g/mol. The lowest BCUT2D eigenvalue weighted by Gasteiger charge is -2.23. The number of ether oxygens (including phenoxy) is 1. The van der Waals surface area contributed by atoms with E-state index in [0.717, 1.165) is 0 Å². The molecule has 0 spiro atoms. The minimum Gasteiger partial charge on any atom is -0.479 e. The van der Waals surface area contributed by atoms with E-state index in [9.17, 15) is 4.79 Å². The normalized spacial score (nSPS) is 18.6. The Morgan fingerprint density at radius 1 is 1.47 bits per heavy atom. The van der Waals surface area contributed by atoms with Crippen molar-refractivity contribution in [1.29, 1.82) is 0 Å². The maximum Gasteiger partial charge on any atom is 0.215 e. The van der Waals surface area contributed by atoms with E-state index in [-0.39, 0.29) is 12.2 Å². The quantitative estimate of drug-likeness (QED) is 0.691. The summed E-state index contributed by atoms with van der Waals surface area (Å²) in [5.41, 5.74) is 6.72. The summed E-state index contributed by atoms with van der Waals surface area (Å²) in [6.45, 7) is 0. The van der Waals surface area contributed by atoms with Crippen LogP contribution in [0.4, 0.5) is 5.69 Å². The first-order valence-electron chi connectivity index (χ1n) is 5.07. The Labute approximate surface area is 96.0 Å². The van der Waals surface area contributed by atoms with Crippen LogP contribution in [0.25, 0.3) is 0 Å². The molecule has 0 radical (unpaired) electrons. The van der Waals surface area contributed by atoms with Gasteiger partial charge in [0.25, 0.3) is 0 Å². The van der Waals surface area contributed by atoms with E-state index in [1.54, 1.807) is 18.2 Å². The van der Waals surface area contributed by atoms with Crippen LogP contribution in [0.5, 0.6) is 5.75 Å². The van der Waals surface area contributed by atoms with E-state index in [2.05, 4.69) is 20.6 Å². The number of aromatic nitrogens is 4. The van der Waals surface area contributed by atoms with Gasteiger partial charge in [0.05, 0.1) is 17.7 Å². The first-order valence-corrected chi connectivity index (χ1v) is 5.07. The lowest BCUT2D eigenvalue weighted by molar-refractivity contribution is 0.0840. The zero-order chi connectivity index (χ0) is 11.8. The molecule has 17 heavy (non-hydrogen) atoms. The number of H-pyrrole nitrogens is 1. The van der Waals surface area contributed by atoms with Crippen LogP contribution in [-0.2, 0) is 0 Å². The molecule has 0 amide bonds. The molecule has 1 aliphatic rings. The lowest BCUT2D eigenvalue weighted by Crippen LogP contribution is -2.22. The third-order valence-corrected chi connectivity index (χ3v) is 2.63. The van der Waals surface area contributed by atoms with Crippen molar-refractivity contribution in [2.24, 2.45) is 0 Å². The summed E-state index contributed by atoms with van der Waals surface area (Å²) in [5, 5.41) is 13.4. The second-order valence-corrected chi connectivity index (χ2v) is 3.73. The molecule has 2 aromatic rings. The first-order chi connectivity index (χ1) is 8.25. The fourth-order valence-corrected chi connectivity index (χ4v) is 1.82. The van der Waals surface area contributed by atoms with Gasteiger partial charge < -0.3 is 10.5 Å². The van der Waals surface area contributed by atoms with Gasteiger partial charge in [-0.2, -0.15) is 5.21 Å². The van der Waals surface area contributed by atoms with Crippen LogP contribution in [0.1, 0.15) is 28.7 Å². The number of tetrazole rings is 1. The standard InChI is InChI=1S/C10H9N5O2/c11-6-3-1-2-5-7(16)4-8(17-9(5)6)10-12-14-15-13-10/h1-3,8H,4,11H2,(H,12,13,14,15)/t8-/m1/s1. The summed E-state index contributed by atoms with van der Waals surface area (Å²) < 4.78 is 5.65. The number of carbonyl (C=O) groups is 1. The zero-order valence-electron chi connectivity index (χ0n) is 8.75. The molecule has 0 fully saturated rings. The molecule has 7 nitrogen and oxygen atoms in total. The second-order valence-electron chi connectivity index (χ2n) is 3.73. The lowest BCUT2D eigenvalue weighted by atomic mass is 9.99. The van der Waals surface area contributed by atoms with Crippen LogP contribution >= 0.6 is 0 Å². The molecule has 0 saturated carbocycles. The number of ketones is 1. The molecule has 86 valence electrons. The topological polar surface area (TPSA) is 107 Å². The fourth-order valence-electron chi connectivity index (χ4n) is 1.82. The van der Waals surface area contributed by atoms with Crippen molar-refractivity contribution in [3.8, 4) is 5.75 Å². The average Bonchev–Trinajstić information content (AvgIpc) is 2.84. The van der Waals surface area contributed by atoms with Crippen LogP contribution in [0.2, 0.25) is 0 Å². The Hall–Kier alpha value is -2.44. The Morgan fingerprint density at radius 3 is 3.12 bits per heavy atom. The number of nitrogens with two attached hydrogens (primary N) is 1. The van der Waals surface area contributed by atoms with Crippen molar-refractivity contribution in [3.05, 3.63) is 29.6 Å². The summed E-state index contributed by atoms with van der Waals surface area (Å²) in [4.78, 5) is 11.9. The van der Waals surface area contributed by atoms with Crippen LogP contribution in [0.3, 0.4) is 0 Å². The predicted molar refractivity (Wildman–Crippen MR) is 57.3 cm³/mol. The van der Waals surface area contributed by atoms with E-state index in [1.165, 1.54) is 0 Å². The third-order valence-electron chi connectivity index (χ3n) is 2.63. The van der Waals surface area contributed by atoms with Gasteiger partial charge in [-0.05, 0) is 12.1 Å². The van der Waals surface area contributed by atoms with Gasteiger partial charge in [0.15, 0.2) is 17.6 Å². The SMILES string of the molecule is Nc1cccc2c1O[C@@H](c1nn[nH]n1)CC2=O. The summed E-state index contributed by atoms with van der Waals surface area (Å²) >= 11 is 0. The van der Waals surface area contributed by atoms with Crippen molar-refractivity contribution < 1.29 is 9.53 Å². The van der Waals surface area contributed by atoms with Gasteiger partial charge >= 0.3 is 0 Å². The van der Waals surface area contributed by atoms with E-state index < -0.39 is 6.10 Å². The molecule has 0 aliphatic carbocycles. The highest BCUT2D eigenvalue weighted by atomic mass is 16.5. The van der Waals surface area contributed by atoms with Gasteiger partial charge in [0.1, 0.15) is 0 Å². The minimum atomic E-state index is -0.529. The Kier molecular flexibility index (Phi) is 2.04. The zero-order valence-corrected chi connectivity index (χ0v) is 8.75. The Bertz CT molecular complexity index is 566. The van der Waals surface area contributed by atoms with Gasteiger partial charge in [0, 0.05) is 0 Å². The maximum absolute atomic E-state index is 11.9. The maximum atomic E-state index is 11.9. The molecule has 1 aromatic carbocycles. The van der Waals surface area contributed by atoms with Gasteiger partial charge in [-0.3, -0.25) is 4.79 Å². The molecule has 0 bridgehead atoms. The molecule has 1 atom stereocenters. The Morgan fingerprint density at radius 2 is 2.35 bits per heavy atom. The highest BCUT2D eigenvalue weighted by Gasteiger charge is 2.31. The summed E-state index contributed by atoms with van der Waals surface area (Å²) in [6, 6.07) is 5.11. The summed E-state index contributed by atoms with van der Waals surface area (Å²) in [5.74, 6) is 0.721. The highest BCUT2D eigenvalue weighted by molar-refractivity contribution is 6.01. The number of hydrogen-bond acceptors (Lipinski definition) is 6. The summed E-state index contributed by atoms with van der Waals surface area (Å²) in [6.07, 6.45) is -0.339. The number of Topliss-reactive ketones (excluding diaryl/α,β-unsaturated/α-hetero) is 1. The van der Waals surface area contributed by atoms with E-state index in [0.29, 0.717) is 22.8 Å². The van der Waals surface area contributed by atoms with Crippen LogP contribution in [0, 0.1) is 0 Å². The first kappa shape index (κ1) is 9.76. The van der Waals surface area contributed by atoms with E-state index in [1.807, 2.05) is 0 Å². The second kappa shape index (κ2) is 3.55. The molecule has 0 saturated heterocycles.